The lowest BCUT2D eigenvalue weighted by molar-refractivity contribution is -0.137. The number of alkyl halides is 3. The zero-order valence-corrected chi connectivity index (χ0v) is 27.4. The summed E-state index contributed by atoms with van der Waals surface area (Å²) in [5.74, 6) is -0.0423. The summed E-state index contributed by atoms with van der Waals surface area (Å²) in [6, 6.07) is 12.1. The highest BCUT2D eigenvalue weighted by atomic mass is 19.4. The van der Waals surface area contributed by atoms with Crippen LogP contribution in [0.2, 0.25) is 0 Å². The average Bonchev–Trinajstić information content (AvgIpc) is 3.48. The Morgan fingerprint density at radius 2 is 1.82 bits per heavy atom. The first kappa shape index (κ1) is 35.6. The van der Waals surface area contributed by atoms with E-state index in [9.17, 15) is 22.8 Å². The largest absolute Gasteiger partial charge is 0.416 e. The van der Waals surface area contributed by atoms with Crippen molar-refractivity contribution in [2.45, 2.75) is 50.9 Å². The second kappa shape index (κ2) is 15.7. The predicted octanol–water partition coefficient (Wildman–Crippen LogP) is 2.80. The second-order valence-electron chi connectivity index (χ2n) is 12.4. The number of aryl methyl sites for hydroxylation is 1. The monoisotopic (exact) mass is 680 g/mol. The first-order chi connectivity index (χ1) is 23.4. The maximum absolute atomic E-state index is 13.8. The number of aromatic nitrogens is 3. The molecule has 0 aliphatic carbocycles. The van der Waals surface area contributed by atoms with E-state index in [4.69, 9.17) is 17.2 Å². The molecule has 1 saturated heterocycles. The van der Waals surface area contributed by atoms with Crippen LogP contribution in [0.3, 0.4) is 0 Å². The number of hydrogen-bond donors (Lipinski definition) is 6. The lowest BCUT2D eigenvalue weighted by Gasteiger charge is -2.31. The van der Waals surface area contributed by atoms with Crippen LogP contribution in [0, 0.1) is 0 Å². The molecule has 1 aliphatic heterocycles. The summed E-state index contributed by atoms with van der Waals surface area (Å²) in [6.07, 6.45) is -0.499. The fraction of sp³-hybridized carbons (Fsp3) is 0.412. The van der Waals surface area contributed by atoms with E-state index in [1.807, 2.05) is 11.8 Å². The molecule has 5 rings (SSSR count). The summed E-state index contributed by atoms with van der Waals surface area (Å²) in [6.45, 7) is 5.40. The van der Waals surface area contributed by atoms with Gasteiger partial charge in [0, 0.05) is 56.0 Å². The highest BCUT2D eigenvalue weighted by Gasteiger charge is 2.31. The van der Waals surface area contributed by atoms with Gasteiger partial charge in [-0.3, -0.25) is 14.4 Å². The van der Waals surface area contributed by atoms with Crippen LogP contribution >= 0.6 is 0 Å². The Hall–Kier alpha value is -4.73. The number of aliphatic imine (C=N–C) groups is 1. The number of nitrogens with one attached hydrogen (secondary N) is 3. The Kier molecular flexibility index (Phi) is 11.4. The van der Waals surface area contributed by atoms with Crippen LogP contribution in [0.5, 0.6) is 0 Å². The zero-order chi connectivity index (χ0) is 35.1. The Balaban J connectivity index is 1.41. The molecule has 3 heterocycles. The molecule has 0 saturated carbocycles. The molecule has 4 aromatic rings. The third-order valence-corrected chi connectivity index (χ3v) is 8.42. The third-order valence-electron chi connectivity index (χ3n) is 8.42. The highest BCUT2D eigenvalue weighted by molar-refractivity contribution is 5.84. The summed E-state index contributed by atoms with van der Waals surface area (Å²) >= 11 is 0. The number of nitrogens with zero attached hydrogens (tertiary/aromatic N) is 4. The van der Waals surface area contributed by atoms with Crippen molar-refractivity contribution in [3.63, 3.8) is 0 Å². The Morgan fingerprint density at radius 1 is 1.08 bits per heavy atom. The van der Waals surface area contributed by atoms with E-state index in [1.165, 1.54) is 10.6 Å². The molecule has 1 aliphatic rings. The molecule has 9 N–H and O–H groups in total. The lowest BCUT2D eigenvalue weighted by Crippen LogP contribution is -2.50. The first-order valence-corrected chi connectivity index (χ1v) is 16.4. The smallest absolute Gasteiger partial charge is 0.370 e. The normalized spacial score (nSPS) is 14.9. The number of rotatable bonds is 13. The Labute approximate surface area is 282 Å². The topological polar surface area (TPSA) is 185 Å². The van der Waals surface area contributed by atoms with E-state index in [0.717, 1.165) is 11.6 Å². The molecule has 15 heteroatoms. The summed E-state index contributed by atoms with van der Waals surface area (Å²) < 4.78 is 42.8. The molecule has 1 amide bonds. The molecule has 49 heavy (non-hydrogen) atoms. The van der Waals surface area contributed by atoms with Gasteiger partial charge in [0.1, 0.15) is 11.7 Å². The SMILES string of the molecule is C[C@H](N)CCCc1cc(-c2cc3cn(-c4ccc([C@@H](NCCCN=C(N)N)C(=O)N5CCNCC5)cc4)c(=O)nc3[nH]2)cc(C(F)(F)F)c1. The van der Waals surface area contributed by atoms with Crippen LogP contribution in [0.15, 0.2) is 64.5 Å². The van der Waals surface area contributed by atoms with E-state index in [2.05, 4.69) is 25.6 Å². The first-order valence-electron chi connectivity index (χ1n) is 16.4. The zero-order valence-electron chi connectivity index (χ0n) is 27.4. The number of carbonyl (C=O) groups is 1. The molecule has 0 radical (unpaired) electrons. The maximum Gasteiger partial charge on any atom is 0.416 e. The van der Waals surface area contributed by atoms with Crippen molar-refractivity contribution in [1.29, 1.82) is 0 Å². The molecule has 2 aromatic carbocycles. The van der Waals surface area contributed by atoms with E-state index in [-0.39, 0.29) is 23.6 Å². The lowest BCUT2D eigenvalue weighted by atomic mass is 9.99. The van der Waals surface area contributed by atoms with Gasteiger partial charge in [-0.15, -0.1) is 0 Å². The van der Waals surface area contributed by atoms with Gasteiger partial charge in [-0.1, -0.05) is 12.1 Å². The van der Waals surface area contributed by atoms with Crippen LogP contribution < -0.4 is 33.5 Å². The van der Waals surface area contributed by atoms with Crippen molar-refractivity contribution in [3.8, 4) is 16.9 Å². The molecule has 0 bridgehead atoms. The minimum Gasteiger partial charge on any atom is -0.370 e. The van der Waals surface area contributed by atoms with Crippen LogP contribution in [0.4, 0.5) is 13.2 Å². The summed E-state index contributed by atoms with van der Waals surface area (Å²) in [5.41, 5.74) is 18.2. The van der Waals surface area contributed by atoms with Crippen molar-refractivity contribution in [2.24, 2.45) is 22.2 Å². The number of carbonyl (C=O) groups excluding carboxylic acids is 1. The van der Waals surface area contributed by atoms with Gasteiger partial charge in [0.05, 0.1) is 11.3 Å². The molecule has 12 nitrogen and oxygen atoms in total. The van der Waals surface area contributed by atoms with Crippen molar-refractivity contribution < 1.29 is 18.0 Å². The number of aromatic amines is 1. The molecule has 262 valence electrons. The predicted molar refractivity (Wildman–Crippen MR) is 184 cm³/mol. The quantitative estimate of drug-likeness (QED) is 0.0707. The molecular weight excluding hydrogens is 637 g/mol. The third kappa shape index (κ3) is 9.25. The standard InChI is InChI=1S/C34H43F3N10O2/c1-21(38)4-2-5-22-16-24(18-26(17-22)34(35,36)37)28-19-25-20-47(33(49)45-30(25)44-28)27-8-6-23(7-9-27)29(42-10-3-11-43-32(39)40)31(48)46-14-12-41-13-15-46/h6-9,16-21,29,41-42H,2-5,10-15,38H2,1H3,(H4,39,40,43)(H,44,45,49)/t21-,29+/m0/s1. The van der Waals surface area contributed by atoms with Crippen LogP contribution in [-0.4, -0.2) is 76.6 Å². The second-order valence-corrected chi connectivity index (χ2v) is 12.4. The average molecular weight is 681 g/mol. The number of piperazine rings is 1. The maximum atomic E-state index is 13.8. The van der Waals surface area contributed by atoms with Gasteiger partial charge in [0.25, 0.3) is 0 Å². The van der Waals surface area contributed by atoms with Gasteiger partial charge >= 0.3 is 11.9 Å². The van der Waals surface area contributed by atoms with E-state index >= 15 is 0 Å². The summed E-state index contributed by atoms with van der Waals surface area (Å²) in [7, 11) is 0. The van der Waals surface area contributed by atoms with Crippen LogP contribution in [0.25, 0.3) is 28.0 Å². The number of fused-ring (bicyclic) bond motifs is 1. The molecule has 2 aromatic heterocycles. The van der Waals surface area contributed by atoms with Crippen molar-refractivity contribution in [3.05, 3.63) is 81.9 Å². The number of H-pyrrole nitrogens is 1. The van der Waals surface area contributed by atoms with E-state index in [1.54, 1.807) is 42.6 Å². The minimum absolute atomic E-state index is 0.0105. The van der Waals surface area contributed by atoms with E-state index in [0.29, 0.717) is 92.8 Å². The van der Waals surface area contributed by atoms with Gasteiger partial charge in [-0.25, -0.2) is 4.79 Å². The van der Waals surface area contributed by atoms with Crippen molar-refractivity contribution >= 4 is 22.9 Å². The van der Waals surface area contributed by atoms with Crippen LogP contribution in [0.1, 0.15) is 48.9 Å². The molecule has 1 fully saturated rings. The van der Waals surface area contributed by atoms with Gasteiger partial charge in [-0.05, 0) is 92.2 Å². The molecule has 2 atom stereocenters. The van der Waals surface area contributed by atoms with Crippen LogP contribution in [-0.2, 0) is 17.4 Å². The van der Waals surface area contributed by atoms with Crippen molar-refractivity contribution in [2.75, 3.05) is 39.3 Å². The van der Waals surface area contributed by atoms with Gasteiger partial charge in [-0.2, -0.15) is 18.2 Å². The molecule has 0 spiro atoms. The number of guanidine groups is 1. The minimum atomic E-state index is -4.52. The fourth-order valence-corrected chi connectivity index (χ4v) is 5.90. The Morgan fingerprint density at radius 3 is 2.49 bits per heavy atom. The number of halogens is 3. The van der Waals surface area contributed by atoms with Gasteiger partial charge in [0.15, 0.2) is 5.96 Å². The summed E-state index contributed by atoms with van der Waals surface area (Å²) in [4.78, 5) is 39.7. The molecular formula is C34H43F3N10O2. The summed E-state index contributed by atoms with van der Waals surface area (Å²) in [5, 5.41) is 7.13. The number of nitrogens with two attached hydrogens (primary N) is 3. The van der Waals surface area contributed by atoms with Crippen molar-refractivity contribution in [1.82, 2.24) is 30.1 Å². The number of amides is 1. The fourth-order valence-electron chi connectivity index (χ4n) is 5.90. The van der Waals surface area contributed by atoms with Gasteiger partial charge < -0.3 is 37.7 Å². The van der Waals surface area contributed by atoms with E-state index < -0.39 is 23.5 Å². The number of benzene rings is 2. The highest BCUT2D eigenvalue weighted by Crippen LogP contribution is 2.34. The van der Waals surface area contributed by atoms with Gasteiger partial charge in [0.2, 0.25) is 5.91 Å². The Bertz CT molecular complexity index is 1820. The molecule has 0 unspecified atom stereocenters. The number of hydrogen-bond acceptors (Lipinski definition) is 7.